The van der Waals surface area contributed by atoms with Gasteiger partial charge in [0.2, 0.25) is 15.9 Å². The summed E-state index contributed by atoms with van der Waals surface area (Å²) in [4.78, 5) is 14.7. The van der Waals surface area contributed by atoms with E-state index in [1.807, 2.05) is 30.4 Å². The smallest absolute Gasteiger partial charge is 0.241 e. The zero-order valence-corrected chi connectivity index (χ0v) is 18.2. The van der Waals surface area contributed by atoms with E-state index >= 15 is 0 Å². The molecule has 1 atom stereocenters. The lowest BCUT2D eigenvalue weighted by Crippen LogP contribution is -2.47. The standard InChI is InChI=1S/C24H27N3O3S/c25-18-21-14-12-20(13-15-21)8-4-6-16-27-17-7-5-11-23(24(27)28)26-31(29,30)19-22-9-2-1-3-10-22/h1-4,6,9-10,12-15,23,26H,5,7-8,11,16-17,19H2/b6-4+/t23-/m0/s1. The Labute approximate surface area is 184 Å². The summed E-state index contributed by atoms with van der Waals surface area (Å²) in [6.45, 7) is 1.07. The second-order valence-corrected chi connectivity index (χ2v) is 9.43. The number of amides is 1. The molecule has 1 amide bonds. The Morgan fingerprint density at radius 1 is 1.03 bits per heavy atom. The predicted molar refractivity (Wildman–Crippen MR) is 120 cm³/mol. The van der Waals surface area contributed by atoms with Gasteiger partial charge < -0.3 is 4.90 Å². The Bertz CT molecular complexity index is 1040. The van der Waals surface area contributed by atoms with Gasteiger partial charge in [-0.1, -0.05) is 54.6 Å². The highest BCUT2D eigenvalue weighted by Gasteiger charge is 2.29. The Balaban J connectivity index is 1.56. The van der Waals surface area contributed by atoms with Crippen molar-refractivity contribution in [2.75, 3.05) is 13.1 Å². The Morgan fingerprint density at radius 2 is 1.77 bits per heavy atom. The Hall–Kier alpha value is -2.95. The van der Waals surface area contributed by atoms with Crippen LogP contribution in [0.2, 0.25) is 0 Å². The fourth-order valence-corrected chi connectivity index (χ4v) is 4.95. The first kappa shape index (κ1) is 22.7. The summed E-state index contributed by atoms with van der Waals surface area (Å²) >= 11 is 0. The molecule has 1 fully saturated rings. The lowest BCUT2D eigenvalue weighted by Gasteiger charge is -2.23. The number of nitriles is 1. The summed E-state index contributed by atoms with van der Waals surface area (Å²) in [6, 6.07) is 17.7. The van der Waals surface area contributed by atoms with Crippen LogP contribution in [0, 0.1) is 11.3 Å². The molecule has 0 aliphatic carbocycles. The fourth-order valence-electron chi connectivity index (χ4n) is 3.58. The van der Waals surface area contributed by atoms with Crippen LogP contribution in [-0.2, 0) is 27.0 Å². The van der Waals surface area contributed by atoms with Crippen molar-refractivity contribution in [3.63, 3.8) is 0 Å². The molecule has 2 aromatic rings. The van der Waals surface area contributed by atoms with Crippen LogP contribution in [0.3, 0.4) is 0 Å². The van der Waals surface area contributed by atoms with Gasteiger partial charge in [0, 0.05) is 13.1 Å². The zero-order chi connectivity index (χ0) is 22.1. The average molecular weight is 438 g/mol. The van der Waals surface area contributed by atoms with E-state index in [4.69, 9.17) is 5.26 Å². The first-order chi connectivity index (χ1) is 15.0. The third-order valence-electron chi connectivity index (χ3n) is 5.23. The number of nitrogens with one attached hydrogen (secondary N) is 1. The van der Waals surface area contributed by atoms with Gasteiger partial charge in [0.05, 0.1) is 17.4 Å². The minimum absolute atomic E-state index is 0.137. The van der Waals surface area contributed by atoms with Crippen LogP contribution in [0.15, 0.2) is 66.7 Å². The SMILES string of the molecule is N#Cc1ccc(C/C=C/CN2CCCC[C@H](NS(=O)(=O)Cc3ccccc3)C2=O)cc1. The van der Waals surface area contributed by atoms with Crippen molar-refractivity contribution in [3.8, 4) is 6.07 Å². The number of hydrogen-bond donors (Lipinski definition) is 1. The van der Waals surface area contributed by atoms with Gasteiger partial charge in [-0.25, -0.2) is 13.1 Å². The van der Waals surface area contributed by atoms with Gasteiger partial charge in [-0.05, 0) is 48.9 Å². The number of benzene rings is 2. The highest BCUT2D eigenvalue weighted by atomic mass is 32.2. The van der Waals surface area contributed by atoms with Gasteiger partial charge in [0.1, 0.15) is 6.04 Å². The molecule has 0 saturated carbocycles. The molecule has 0 unspecified atom stereocenters. The van der Waals surface area contributed by atoms with Crippen LogP contribution in [0.25, 0.3) is 0 Å². The summed E-state index contributed by atoms with van der Waals surface area (Å²) in [5.74, 6) is -0.306. The minimum Gasteiger partial charge on any atom is -0.338 e. The molecule has 0 spiro atoms. The van der Waals surface area contributed by atoms with E-state index in [9.17, 15) is 13.2 Å². The van der Waals surface area contributed by atoms with E-state index < -0.39 is 16.1 Å². The molecule has 6 nitrogen and oxygen atoms in total. The van der Waals surface area contributed by atoms with Crippen LogP contribution in [0.4, 0.5) is 0 Å². The van der Waals surface area contributed by atoms with Crippen molar-refractivity contribution in [2.45, 2.75) is 37.5 Å². The number of rotatable bonds is 8. The maximum absolute atomic E-state index is 12.9. The van der Waals surface area contributed by atoms with Crippen molar-refractivity contribution in [1.82, 2.24) is 9.62 Å². The summed E-state index contributed by atoms with van der Waals surface area (Å²) in [6.07, 6.45) is 6.81. The molecule has 0 aromatic heterocycles. The van der Waals surface area contributed by atoms with Gasteiger partial charge in [0.25, 0.3) is 0 Å². The first-order valence-electron chi connectivity index (χ1n) is 10.4. The number of hydrogen-bond acceptors (Lipinski definition) is 4. The molecule has 7 heteroatoms. The third kappa shape index (κ3) is 7.06. The normalized spacial score (nSPS) is 17.5. The Morgan fingerprint density at radius 3 is 2.48 bits per heavy atom. The molecular weight excluding hydrogens is 410 g/mol. The molecular formula is C24H27N3O3S. The Kier molecular flexibility index (Phi) is 7.99. The van der Waals surface area contributed by atoms with Gasteiger partial charge in [-0.3, -0.25) is 4.79 Å². The number of nitrogens with zero attached hydrogens (tertiary/aromatic N) is 2. The lowest BCUT2D eigenvalue weighted by molar-refractivity contribution is -0.131. The highest BCUT2D eigenvalue weighted by molar-refractivity contribution is 7.88. The van der Waals surface area contributed by atoms with E-state index in [2.05, 4.69) is 10.8 Å². The van der Waals surface area contributed by atoms with Crippen LogP contribution >= 0.6 is 0 Å². The van der Waals surface area contributed by atoms with Crippen molar-refractivity contribution >= 4 is 15.9 Å². The molecule has 2 aromatic carbocycles. The number of carbonyl (C=O) groups is 1. The maximum atomic E-state index is 12.9. The average Bonchev–Trinajstić information content (AvgIpc) is 2.93. The van der Waals surface area contributed by atoms with Crippen LogP contribution < -0.4 is 4.72 Å². The monoisotopic (exact) mass is 437 g/mol. The number of likely N-dealkylation sites (tertiary alicyclic amines) is 1. The molecule has 162 valence electrons. The van der Waals surface area contributed by atoms with Gasteiger partial charge in [-0.15, -0.1) is 0 Å². The molecule has 0 radical (unpaired) electrons. The van der Waals surface area contributed by atoms with E-state index in [0.29, 0.717) is 37.1 Å². The molecule has 1 N–H and O–H groups in total. The highest BCUT2D eigenvalue weighted by Crippen LogP contribution is 2.15. The predicted octanol–water partition coefficient (Wildman–Crippen LogP) is 3.16. The number of allylic oxidation sites excluding steroid dienone is 1. The van der Waals surface area contributed by atoms with Crippen LogP contribution in [0.5, 0.6) is 0 Å². The summed E-state index contributed by atoms with van der Waals surface area (Å²) in [5, 5.41) is 8.86. The fraction of sp³-hybridized carbons (Fsp3) is 0.333. The quantitative estimate of drug-likeness (QED) is 0.643. The minimum atomic E-state index is -3.61. The van der Waals surface area contributed by atoms with E-state index in [1.165, 1.54) is 0 Å². The molecule has 1 aliphatic rings. The topological polar surface area (TPSA) is 90.3 Å². The molecule has 1 aliphatic heterocycles. The molecule has 1 heterocycles. The number of sulfonamides is 1. The van der Waals surface area contributed by atoms with Crippen LogP contribution in [0.1, 0.15) is 36.0 Å². The largest absolute Gasteiger partial charge is 0.338 e. The molecule has 0 bridgehead atoms. The molecule has 31 heavy (non-hydrogen) atoms. The van der Waals surface area contributed by atoms with Crippen molar-refractivity contribution < 1.29 is 13.2 Å². The number of carbonyl (C=O) groups excluding carboxylic acids is 1. The second-order valence-electron chi connectivity index (χ2n) is 7.68. The lowest BCUT2D eigenvalue weighted by atomic mass is 10.1. The summed E-state index contributed by atoms with van der Waals surface area (Å²) < 4.78 is 27.8. The van der Waals surface area contributed by atoms with Crippen molar-refractivity contribution in [3.05, 3.63) is 83.4 Å². The summed E-state index contributed by atoms with van der Waals surface area (Å²) in [5.41, 5.74) is 2.41. The van der Waals surface area contributed by atoms with Crippen molar-refractivity contribution in [1.29, 1.82) is 5.26 Å². The van der Waals surface area contributed by atoms with E-state index in [-0.39, 0.29) is 11.7 Å². The van der Waals surface area contributed by atoms with E-state index in [0.717, 1.165) is 18.4 Å². The van der Waals surface area contributed by atoms with Gasteiger partial charge in [-0.2, -0.15) is 5.26 Å². The van der Waals surface area contributed by atoms with Crippen molar-refractivity contribution in [2.24, 2.45) is 0 Å². The summed E-state index contributed by atoms with van der Waals surface area (Å²) in [7, 11) is -3.61. The molecule has 3 rings (SSSR count). The van der Waals surface area contributed by atoms with E-state index in [1.54, 1.807) is 41.3 Å². The third-order valence-corrected chi connectivity index (χ3v) is 6.59. The maximum Gasteiger partial charge on any atom is 0.241 e. The second kappa shape index (κ2) is 10.9. The van der Waals surface area contributed by atoms with Gasteiger partial charge in [0.15, 0.2) is 0 Å². The van der Waals surface area contributed by atoms with Gasteiger partial charge >= 0.3 is 0 Å². The zero-order valence-electron chi connectivity index (χ0n) is 17.4. The molecule has 1 saturated heterocycles. The van der Waals surface area contributed by atoms with Crippen LogP contribution in [-0.4, -0.2) is 38.4 Å². The first-order valence-corrected chi connectivity index (χ1v) is 12.1.